The van der Waals surface area contributed by atoms with Crippen LogP contribution in [0.4, 0.5) is 5.82 Å². The predicted molar refractivity (Wildman–Crippen MR) is 130 cm³/mol. The van der Waals surface area contributed by atoms with Gasteiger partial charge < -0.3 is 15.1 Å². The number of pyridine rings is 2. The zero-order valence-electron chi connectivity index (χ0n) is 20.1. The standard InChI is InChI=1S/C25H31N7O2/c1-15-8-9-20(26)32(15)22(27)18-6-5-7-21(29-18)30-23(33)19-12-17-14-31(24(34)25(2,3)4)11-10-16(17)13-28-19/h5-7,12-13,15,26-27H,8-11,14H2,1-4H3,(H,29,30,33)/t15-/m1/s1. The molecule has 2 aliphatic rings. The van der Waals surface area contributed by atoms with E-state index in [4.69, 9.17) is 10.8 Å². The lowest BCUT2D eigenvalue weighted by Gasteiger charge is -2.33. The number of carbonyl (C=O) groups is 2. The van der Waals surface area contributed by atoms with Crippen molar-refractivity contribution in [3.05, 3.63) is 53.0 Å². The van der Waals surface area contributed by atoms with Crippen molar-refractivity contribution in [2.75, 3.05) is 11.9 Å². The van der Waals surface area contributed by atoms with Crippen molar-refractivity contribution < 1.29 is 9.59 Å². The van der Waals surface area contributed by atoms with E-state index in [0.29, 0.717) is 43.3 Å². The van der Waals surface area contributed by atoms with Gasteiger partial charge in [-0.05, 0) is 49.1 Å². The van der Waals surface area contributed by atoms with Crippen molar-refractivity contribution in [3.8, 4) is 0 Å². The maximum atomic E-state index is 12.9. The largest absolute Gasteiger partial charge is 0.338 e. The lowest BCUT2D eigenvalue weighted by atomic mass is 9.92. The van der Waals surface area contributed by atoms with Crippen LogP contribution in [-0.4, -0.2) is 55.8 Å². The van der Waals surface area contributed by atoms with Crippen molar-refractivity contribution in [2.45, 2.75) is 59.5 Å². The van der Waals surface area contributed by atoms with Crippen molar-refractivity contribution in [1.29, 1.82) is 10.8 Å². The highest BCUT2D eigenvalue weighted by molar-refractivity contribution is 6.08. The number of fused-ring (bicyclic) bond motifs is 1. The summed E-state index contributed by atoms with van der Waals surface area (Å²) in [5.41, 5.74) is 2.16. The number of carbonyl (C=O) groups excluding carboxylic acids is 2. The second-order valence-electron chi connectivity index (χ2n) is 9.98. The van der Waals surface area contributed by atoms with Crippen molar-refractivity contribution >= 4 is 29.3 Å². The van der Waals surface area contributed by atoms with Crippen LogP contribution in [0.5, 0.6) is 0 Å². The molecule has 2 aliphatic heterocycles. The minimum atomic E-state index is -0.458. The molecule has 0 radical (unpaired) electrons. The molecule has 1 fully saturated rings. The Hall–Kier alpha value is -3.62. The van der Waals surface area contributed by atoms with E-state index in [-0.39, 0.29) is 23.5 Å². The molecule has 0 saturated carbocycles. The smallest absolute Gasteiger partial charge is 0.275 e. The van der Waals surface area contributed by atoms with Crippen LogP contribution >= 0.6 is 0 Å². The fourth-order valence-electron chi connectivity index (χ4n) is 4.37. The number of nitrogens with one attached hydrogen (secondary N) is 3. The van der Waals surface area contributed by atoms with Gasteiger partial charge in [0.05, 0.1) is 0 Å². The Morgan fingerprint density at radius 1 is 1.15 bits per heavy atom. The normalized spacial score (nSPS) is 18.0. The van der Waals surface area contributed by atoms with E-state index in [1.54, 1.807) is 35.4 Å². The minimum absolute atomic E-state index is 0.0736. The predicted octanol–water partition coefficient (Wildman–Crippen LogP) is 3.45. The Labute approximate surface area is 199 Å². The zero-order chi connectivity index (χ0) is 24.6. The lowest BCUT2D eigenvalue weighted by Crippen LogP contribution is -2.42. The summed E-state index contributed by atoms with van der Waals surface area (Å²) >= 11 is 0. The number of amides is 2. The monoisotopic (exact) mass is 461 g/mol. The minimum Gasteiger partial charge on any atom is -0.338 e. The number of anilines is 1. The van der Waals surface area contributed by atoms with Gasteiger partial charge in [-0.15, -0.1) is 0 Å². The van der Waals surface area contributed by atoms with Crippen molar-refractivity contribution in [1.82, 2.24) is 19.8 Å². The van der Waals surface area contributed by atoms with Crippen LogP contribution in [0.1, 0.15) is 67.8 Å². The molecule has 2 aromatic heterocycles. The van der Waals surface area contributed by atoms with Crippen LogP contribution in [-0.2, 0) is 17.8 Å². The first-order valence-electron chi connectivity index (χ1n) is 11.6. The molecule has 0 aliphatic carbocycles. The molecule has 178 valence electrons. The van der Waals surface area contributed by atoms with Crippen LogP contribution < -0.4 is 5.32 Å². The van der Waals surface area contributed by atoms with Crippen LogP contribution in [0.15, 0.2) is 30.5 Å². The Bertz CT molecular complexity index is 1170. The average molecular weight is 462 g/mol. The Kier molecular flexibility index (Phi) is 6.20. The van der Waals surface area contributed by atoms with E-state index < -0.39 is 11.3 Å². The quantitative estimate of drug-likeness (QED) is 0.477. The van der Waals surface area contributed by atoms with Gasteiger partial charge in [0.15, 0.2) is 5.84 Å². The third-order valence-electron chi connectivity index (χ3n) is 6.26. The van der Waals surface area contributed by atoms with Crippen molar-refractivity contribution in [2.24, 2.45) is 5.41 Å². The molecule has 2 amide bonds. The molecule has 2 aromatic rings. The highest BCUT2D eigenvalue weighted by Crippen LogP contribution is 2.25. The van der Waals surface area contributed by atoms with E-state index in [1.807, 2.05) is 32.6 Å². The first-order valence-corrected chi connectivity index (χ1v) is 11.6. The molecule has 9 heteroatoms. The molecule has 0 aromatic carbocycles. The summed E-state index contributed by atoms with van der Waals surface area (Å²) in [6.45, 7) is 8.81. The van der Waals surface area contributed by atoms with Gasteiger partial charge in [0.2, 0.25) is 5.91 Å². The molecule has 0 unspecified atom stereocenters. The first-order chi connectivity index (χ1) is 16.0. The number of amidine groups is 2. The second kappa shape index (κ2) is 8.96. The van der Waals surface area contributed by atoms with E-state index in [0.717, 1.165) is 17.5 Å². The van der Waals surface area contributed by atoms with Gasteiger partial charge in [0.1, 0.15) is 23.0 Å². The topological polar surface area (TPSA) is 126 Å². The Balaban J connectivity index is 1.49. The first kappa shape index (κ1) is 23.5. The molecule has 4 rings (SSSR count). The van der Waals surface area contributed by atoms with Gasteiger partial charge in [-0.2, -0.15) is 0 Å². The summed E-state index contributed by atoms with van der Waals surface area (Å²) in [5.74, 6) is 0.563. The average Bonchev–Trinajstić information content (AvgIpc) is 3.14. The molecule has 4 heterocycles. The number of hydrogen-bond acceptors (Lipinski definition) is 6. The molecule has 9 nitrogen and oxygen atoms in total. The highest BCUT2D eigenvalue weighted by atomic mass is 16.2. The molecular weight excluding hydrogens is 430 g/mol. The number of aromatic nitrogens is 2. The molecule has 3 N–H and O–H groups in total. The SMILES string of the molecule is C[C@@H]1CCC(=N)N1C(=N)c1cccc(NC(=O)c2cc3c(cn2)CCN(C(=O)C(C)(C)C)C3)n1. The summed E-state index contributed by atoms with van der Waals surface area (Å²) in [6.07, 6.45) is 3.90. The van der Waals surface area contributed by atoms with E-state index >= 15 is 0 Å². The van der Waals surface area contributed by atoms with Crippen LogP contribution in [0.3, 0.4) is 0 Å². The van der Waals surface area contributed by atoms with Crippen molar-refractivity contribution in [3.63, 3.8) is 0 Å². The third kappa shape index (κ3) is 4.69. The van der Waals surface area contributed by atoms with Gasteiger partial charge in [0.25, 0.3) is 5.91 Å². The summed E-state index contributed by atoms with van der Waals surface area (Å²) < 4.78 is 0. The van der Waals surface area contributed by atoms with Gasteiger partial charge in [-0.25, -0.2) is 4.98 Å². The molecule has 34 heavy (non-hydrogen) atoms. The van der Waals surface area contributed by atoms with E-state index in [2.05, 4.69) is 15.3 Å². The Morgan fingerprint density at radius 2 is 1.91 bits per heavy atom. The third-order valence-corrected chi connectivity index (χ3v) is 6.26. The number of nitrogens with zero attached hydrogens (tertiary/aromatic N) is 4. The number of likely N-dealkylation sites (tertiary alicyclic amines) is 1. The molecule has 1 saturated heterocycles. The van der Waals surface area contributed by atoms with Gasteiger partial charge >= 0.3 is 0 Å². The molecular formula is C25H31N7O2. The van der Waals surface area contributed by atoms with Crippen LogP contribution in [0, 0.1) is 16.2 Å². The van der Waals surface area contributed by atoms with Gasteiger partial charge in [0, 0.05) is 37.2 Å². The fraction of sp³-hybridized carbons (Fsp3) is 0.440. The molecule has 0 spiro atoms. The van der Waals surface area contributed by atoms with E-state index in [1.165, 1.54) is 0 Å². The van der Waals surface area contributed by atoms with E-state index in [9.17, 15) is 9.59 Å². The number of rotatable bonds is 3. The molecule has 0 bridgehead atoms. The maximum absolute atomic E-state index is 12.9. The summed E-state index contributed by atoms with van der Waals surface area (Å²) in [5, 5.41) is 19.4. The molecule has 1 atom stereocenters. The fourth-order valence-corrected chi connectivity index (χ4v) is 4.37. The number of hydrogen-bond donors (Lipinski definition) is 3. The zero-order valence-corrected chi connectivity index (χ0v) is 20.1. The summed E-state index contributed by atoms with van der Waals surface area (Å²) in [4.78, 5) is 37.9. The van der Waals surface area contributed by atoms with Gasteiger partial charge in [-0.1, -0.05) is 26.8 Å². The van der Waals surface area contributed by atoms with Crippen LogP contribution in [0.25, 0.3) is 0 Å². The Morgan fingerprint density at radius 3 is 2.59 bits per heavy atom. The lowest BCUT2D eigenvalue weighted by molar-refractivity contribution is -0.140. The summed E-state index contributed by atoms with van der Waals surface area (Å²) in [6, 6.07) is 6.91. The van der Waals surface area contributed by atoms with Crippen LogP contribution in [0.2, 0.25) is 0 Å². The highest BCUT2D eigenvalue weighted by Gasteiger charge is 2.31. The maximum Gasteiger partial charge on any atom is 0.275 e. The summed E-state index contributed by atoms with van der Waals surface area (Å²) in [7, 11) is 0. The van der Waals surface area contributed by atoms with Gasteiger partial charge in [-0.3, -0.25) is 25.4 Å². The second-order valence-corrected chi connectivity index (χ2v) is 9.98.